The van der Waals surface area contributed by atoms with Gasteiger partial charge in [0.05, 0.1) is 0 Å². The Morgan fingerprint density at radius 3 is 2.34 bits per heavy atom. The van der Waals surface area contributed by atoms with Crippen molar-refractivity contribution in [3.8, 4) is 11.1 Å². The highest BCUT2D eigenvalue weighted by Crippen LogP contribution is 2.29. The molecule has 6 heteroatoms. The molecule has 3 N–H and O–H groups in total. The van der Waals surface area contributed by atoms with Crippen molar-refractivity contribution in [3.05, 3.63) is 88.8 Å². The van der Waals surface area contributed by atoms with Crippen LogP contribution in [0.3, 0.4) is 0 Å². The Morgan fingerprint density at radius 1 is 1.00 bits per heavy atom. The number of urea groups is 1. The molecule has 6 nitrogen and oxygen atoms in total. The van der Waals surface area contributed by atoms with Gasteiger partial charge >= 0.3 is 6.03 Å². The van der Waals surface area contributed by atoms with Crippen molar-refractivity contribution in [1.29, 1.82) is 0 Å². The molecule has 1 aliphatic carbocycles. The Morgan fingerprint density at radius 2 is 1.69 bits per heavy atom. The first kappa shape index (κ1) is 21.8. The molecular formula is C26H30N4O2. The maximum Gasteiger partial charge on any atom is 0.322 e. The molecule has 0 atom stereocenters. The maximum atomic E-state index is 13.3. The third-order valence-corrected chi connectivity index (χ3v) is 6.19. The summed E-state index contributed by atoms with van der Waals surface area (Å²) in [5.74, 6) is 0. The number of anilines is 1. The van der Waals surface area contributed by atoms with E-state index in [0.29, 0.717) is 6.54 Å². The van der Waals surface area contributed by atoms with Gasteiger partial charge < -0.3 is 15.6 Å². The lowest BCUT2D eigenvalue weighted by Gasteiger charge is -2.36. The van der Waals surface area contributed by atoms with Crippen LogP contribution in [-0.2, 0) is 13.6 Å². The van der Waals surface area contributed by atoms with Crippen molar-refractivity contribution in [1.82, 2.24) is 9.88 Å². The second-order valence-electron chi connectivity index (χ2n) is 8.49. The number of amides is 2. The fourth-order valence-corrected chi connectivity index (χ4v) is 4.25. The Kier molecular flexibility index (Phi) is 6.71. The van der Waals surface area contributed by atoms with E-state index < -0.39 is 0 Å². The summed E-state index contributed by atoms with van der Waals surface area (Å²) in [5, 5.41) is 3.08. The molecule has 1 aromatic heterocycles. The van der Waals surface area contributed by atoms with E-state index in [1.54, 1.807) is 23.9 Å². The van der Waals surface area contributed by atoms with Crippen LogP contribution in [0, 0.1) is 0 Å². The van der Waals surface area contributed by atoms with E-state index >= 15 is 0 Å². The standard InChI is InChI=1S/C26H30N4O2/c1-29-16-15-21(17-25(29)31)20-7-11-23(12-8-20)30(24-13-9-22(27)10-14-24)26(32)28-18-19-5-3-2-4-6-19/h2-8,11-12,15-17,22,24H,9-10,13-14,18,27H2,1H3,(H,28,32). The van der Waals surface area contributed by atoms with E-state index in [1.807, 2.05) is 65.6 Å². The number of hydrogen-bond donors (Lipinski definition) is 2. The summed E-state index contributed by atoms with van der Waals surface area (Å²) in [6.45, 7) is 0.480. The molecule has 0 radical (unpaired) electrons. The van der Waals surface area contributed by atoms with E-state index in [4.69, 9.17) is 5.73 Å². The minimum atomic E-state index is -0.101. The van der Waals surface area contributed by atoms with Gasteiger partial charge in [-0.25, -0.2) is 4.79 Å². The van der Waals surface area contributed by atoms with Gasteiger partial charge in [0.15, 0.2) is 0 Å². The average Bonchev–Trinajstić information content (AvgIpc) is 2.82. The average molecular weight is 431 g/mol. The predicted octanol–water partition coefficient (Wildman–Crippen LogP) is 4.04. The highest BCUT2D eigenvalue weighted by molar-refractivity contribution is 5.93. The molecule has 1 aliphatic rings. The first-order valence-electron chi connectivity index (χ1n) is 11.1. The van der Waals surface area contributed by atoms with Gasteiger partial charge in [0.25, 0.3) is 5.56 Å². The smallest absolute Gasteiger partial charge is 0.322 e. The van der Waals surface area contributed by atoms with Crippen molar-refractivity contribution in [2.24, 2.45) is 12.8 Å². The third-order valence-electron chi connectivity index (χ3n) is 6.19. The molecule has 0 aliphatic heterocycles. The summed E-state index contributed by atoms with van der Waals surface area (Å²) in [4.78, 5) is 27.1. The Labute approximate surface area is 188 Å². The van der Waals surface area contributed by atoms with Crippen molar-refractivity contribution in [2.75, 3.05) is 4.90 Å². The number of nitrogens with zero attached hydrogens (tertiary/aromatic N) is 2. The summed E-state index contributed by atoms with van der Waals surface area (Å²) in [6, 6.07) is 21.5. The molecule has 0 unspecified atom stereocenters. The number of nitrogens with one attached hydrogen (secondary N) is 1. The molecule has 4 rings (SSSR count). The van der Waals surface area contributed by atoms with Gasteiger partial charge in [0.2, 0.25) is 0 Å². The number of hydrogen-bond acceptors (Lipinski definition) is 3. The number of benzene rings is 2. The fourth-order valence-electron chi connectivity index (χ4n) is 4.25. The molecule has 0 bridgehead atoms. The van der Waals surface area contributed by atoms with Crippen LogP contribution in [0.25, 0.3) is 11.1 Å². The van der Waals surface area contributed by atoms with Crippen LogP contribution >= 0.6 is 0 Å². The normalized spacial score (nSPS) is 18.2. The monoisotopic (exact) mass is 430 g/mol. The number of aromatic nitrogens is 1. The van der Waals surface area contributed by atoms with Crippen molar-refractivity contribution in [2.45, 2.75) is 44.3 Å². The summed E-state index contributed by atoms with van der Waals surface area (Å²) < 4.78 is 1.55. The van der Waals surface area contributed by atoms with Crippen LogP contribution in [0.4, 0.5) is 10.5 Å². The fraction of sp³-hybridized carbons (Fsp3) is 0.308. The van der Waals surface area contributed by atoms with Gasteiger partial charge in [-0.2, -0.15) is 0 Å². The summed E-state index contributed by atoms with van der Waals surface area (Å²) in [5.41, 5.74) is 9.78. The number of pyridine rings is 1. The van der Waals surface area contributed by atoms with Crippen molar-refractivity contribution in [3.63, 3.8) is 0 Å². The van der Waals surface area contributed by atoms with E-state index in [-0.39, 0.29) is 23.7 Å². The Hall–Kier alpha value is -3.38. The molecule has 0 saturated heterocycles. The molecule has 166 valence electrons. The van der Waals surface area contributed by atoms with Gasteiger partial charge in [-0.1, -0.05) is 42.5 Å². The van der Waals surface area contributed by atoms with Crippen molar-refractivity contribution >= 4 is 11.7 Å². The first-order valence-corrected chi connectivity index (χ1v) is 11.1. The SMILES string of the molecule is Cn1ccc(-c2ccc(N(C(=O)NCc3ccccc3)C3CCC(N)CC3)cc2)cc1=O. The predicted molar refractivity (Wildman–Crippen MR) is 129 cm³/mol. The zero-order valence-corrected chi connectivity index (χ0v) is 18.4. The second kappa shape index (κ2) is 9.83. The lowest BCUT2D eigenvalue weighted by atomic mass is 9.90. The quantitative estimate of drug-likeness (QED) is 0.641. The number of aryl methyl sites for hydroxylation is 1. The zero-order valence-electron chi connectivity index (χ0n) is 18.4. The van der Waals surface area contributed by atoms with Crippen LogP contribution in [0.15, 0.2) is 77.7 Å². The summed E-state index contributed by atoms with van der Waals surface area (Å²) in [7, 11) is 1.73. The van der Waals surface area contributed by atoms with Crippen LogP contribution in [-0.4, -0.2) is 22.7 Å². The molecule has 0 spiro atoms. The summed E-state index contributed by atoms with van der Waals surface area (Å²) in [6.07, 6.45) is 5.37. The minimum absolute atomic E-state index is 0.0490. The Balaban J connectivity index is 1.56. The third kappa shape index (κ3) is 5.08. The van der Waals surface area contributed by atoms with Gasteiger partial charge in [-0.15, -0.1) is 0 Å². The highest BCUT2D eigenvalue weighted by atomic mass is 16.2. The molecule has 1 fully saturated rings. The number of carbonyl (C=O) groups is 1. The molecule has 32 heavy (non-hydrogen) atoms. The number of nitrogens with two attached hydrogens (primary N) is 1. The van der Waals surface area contributed by atoms with Crippen LogP contribution in [0.2, 0.25) is 0 Å². The number of carbonyl (C=O) groups excluding carboxylic acids is 1. The first-order chi connectivity index (χ1) is 15.5. The topological polar surface area (TPSA) is 80.4 Å². The zero-order chi connectivity index (χ0) is 22.5. The maximum absolute atomic E-state index is 13.3. The van der Waals surface area contributed by atoms with Crippen molar-refractivity contribution < 1.29 is 4.79 Å². The molecule has 1 heterocycles. The molecule has 1 saturated carbocycles. The van der Waals surface area contributed by atoms with Crippen LogP contribution in [0.1, 0.15) is 31.2 Å². The highest BCUT2D eigenvalue weighted by Gasteiger charge is 2.29. The molecule has 2 aromatic carbocycles. The minimum Gasteiger partial charge on any atom is -0.334 e. The largest absolute Gasteiger partial charge is 0.334 e. The van der Waals surface area contributed by atoms with E-state index in [2.05, 4.69) is 5.32 Å². The van der Waals surface area contributed by atoms with E-state index in [9.17, 15) is 9.59 Å². The van der Waals surface area contributed by atoms with Gasteiger partial charge in [0.1, 0.15) is 0 Å². The molecular weight excluding hydrogens is 400 g/mol. The van der Waals surface area contributed by atoms with Gasteiger partial charge in [-0.3, -0.25) is 9.69 Å². The molecule has 2 amide bonds. The van der Waals surface area contributed by atoms with Gasteiger partial charge in [-0.05, 0) is 60.6 Å². The lowest BCUT2D eigenvalue weighted by molar-refractivity contribution is 0.240. The summed E-state index contributed by atoms with van der Waals surface area (Å²) >= 11 is 0. The van der Waals surface area contributed by atoms with Gasteiger partial charge in [0, 0.05) is 43.6 Å². The Bertz CT molecular complexity index is 1100. The number of rotatable bonds is 5. The lowest BCUT2D eigenvalue weighted by Crippen LogP contribution is -2.48. The van der Waals surface area contributed by atoms with Crippen LogP contribution in [0.5, 0.6) is 0 Å². The van der Waals surface area contributed by atoms with E-state index in [1.165, 1.54) is 0 Å². The molecule has 3 aromatic rings. The van der Waals surface area contributed by atoms with Crippen LogP contribution < -0.4 is 21.5 Å². The van der Waals surface area contributed by atoms with E-state index in [0.717, 1.165) is 48.1 Å². The second-order valence-corrected chi connectivity index (χ2v) is 8.49.